The summed E-state index contributed by atoms with van der Waals surface area (Å²) in [4.78, 5) is 27.9. The van der Waals surface area contributed by atoms with Crippen LogP contribution in [0.1, 0.15) is 30.1 Å². The van der Waals surface area contributed by atoms with Crippen molar-refractivity contribution >= 4 is 29.1 Å². The van der Waals surface area contributed by atoms with Gasteiger partial charge in [-0.1, -0.05) is 11.6 Å². The lowest BCUT2D eigenvalue weighted by molar-refractivity contribution is -0.132. The number of aromatic nitrogens is 2. The molecule has 1 amide bonds. The highest BCUT2D eigenvalue weighted by Gasteiger charge is 2.45. The van der Waals surface area contributed by atoms with Crippen molar-refractivity contribution in [1.29, 1.82) is 0 Å². The summed E-state index contributed by atoms with van der Waals surface area (Å²) in [6, 6.07) is 7.09. The number of hydrogen-bond acceptors (Lipinski definition) is 9. The predicted molar refractivity (Wildman–Crippen MR) is 162 cm³/mol. The van der Waals surface area contributed by atoms with E-state index in [0.717, 1.165) is 31.3 Å². The largest absolute Gasteiger partial charge is 0.379 e. The number of nitrogens with one attached hydrogen (secondary N) is 1. The van der Waals surface area contributed by atoms with Crippen LogP contribution in [0.15, 0.2) is 48.8 Å². The number of halogens is 4. The third-order valence-corrected chi connectivity index (χ3v) is 8.99. The van der Waals surface area contributed by atoms with Gasteiger partial charge in [-0.2, -0.15) is 0 Å². The van der Waals surface area contributed by atoms with Gasteiger partial charge >= 0.3 is 0 Å². The van der Waals surface area contributed by atoms with Crippen LogP contribution in [-0.4, -0.2) is 89.4 Å². The smallest absolute Gasteiger partial charge is 0.260 e. The molecule has 3 aliphatic rings. The van der Waals surface area contributed by atoms with E-state index in [2.05, 4.69) is 25.1 Å². The zero-order chi connectivity index (χ0) is 31.7. The molecule has 2 aromatic carbocycles. The maximum Gasteiger partial charge on any atom is 0.260 e. The van der Waals surface area contributed by atoms with Crippen LogP contribution in [0.5, 0.6) is 0 Å². The molecule has 3 aromatic rings. The van der Waals surface area contributed by atoms with Gasteiger partial charge in [-0.25, -0.2) is 23.1 Å². The average Bonchev–Trinajstić information content (AvgIpc) is 3.31. The summed E-state index contributed by atoms with van der Waals surface area (Å²) in [6.45, 7) is 3.68. The summed E-state index contributed by atoms with van der Waals surface area (Å²) >= 11 is 5.91. The maximum absolute atomic E-state index is 14.3. The highest BCUT2D eigenvalue weighted by molar-refractivity contribution is 6.30. The number of nitrogens with two attached hydrogens (primary N) is 1. The Kier molecular flexibility index (Phi) is 9.27. The molecule has 6 rings (SSSR count). The Morgan fingerprint density at radius 1 is 1.04 bits per heavy atom. The minimum Gasteiger partial charge on any atom is -0.379 e. The summed E-state index contributed by atoms with van der Waals surface area (Å²) in [5, 5.41) is 14.3. The van der Waals surface area contributed by atoms with Gasteiger partial charge in [0.2, 0.25) is 5.95 Å². The van der Waals surface area contributed by atoms with Crippen molar-refractivity contribution in [3.63, 3.8) is 0 Å². The van der Waals surface area contributed by atoms with E-state index in [-0.39, 0.29) is 36.1 Å². The van der Waals surface area contributed by atoms with Crippen molar-refractivity contribution in [3.8, 4) is 0 Å². The van der Waals surface area contributed by atoms with Crippen LogP contribution in [0.4, 0.5) is 24.8 Å². The number of carbonyl (C=O) groups excluding carboxylic acids is 1. The Hall–Kier alpha value is -3.33. The number of carbonyl (C=O) groups is 1. The molecule has 3 fully saturated rings. The van der Waals surface area contributed by atoms with E-state index in [1.165, 1.54) is 17.0 Å². The second-order valence-electron chi connectivity index (χ2n) is 11.9. The van der Waals surface area contributed by atoms with Crippen LogP contribution < -0.4 is 20.9 Å². The molecule has 1 unspecified atom stereocenters. The second-order valence-corrected chi connectivity index (χ2v) is 12.3. The number of rotatable bonds is 8. The molecule has 4 atom stereocenters. The van der Waals surface area contributed by atoms with E-state index in [1.807, 2.05) is 0 Å². The van der Waals surface area contributed by atoms with Gasteiger partial charge in [-0.05, 0) is 48.4 Å². The lowest BCUT2D eigenvalue weighted by Crippen LogP contribution is -2.55. The van der Waals surface area contributed by atoms with Crippen molar-refractivity contribution < 1.29 is 27.8 Å². The van der Waals surface area contributed by atoms with Crippen molar-refractivity contribution in [3.05, 3.63) is 82.4 Å². The SMILES string of the molecule is N[C@H]1C[C@@H](N2CCN(c3ncc(N4CCC(O)(CNCc5cc(F)cc(Cl)c5)C4=O)cn3)CC2)CO[C@@H]1c1cc(F)ccc1F. The van der Waals surface area contributed by atoms with E-state index in [1.54, 1.807) is 18.5 Å². The molecule has 1 aromatic heterocycles. The van der Waals surface area contributed by atoms with Crippen molar-refractivity contribution in [1.82, 2.24) is 20.2 Å². The van der Waals surface area contributed by atoms with Crippen LogP contribution in [0.2, 0.25) is 5.02 Å². The van der Waals surface area contributed by atoms with Crippen LogP contribution in [0.25, 0.3) is 0 Å². The Balaban J connectivity index is 0.987. The van der Waals surface area contributed by atoms with Gasteiger partial charge < -0.3 is 30.7 Å². The summed E-state index contributed by atoms with van der Waals surface area (Å²) < 4.78 is 47.5. The maximum atomic E-state index is 14.3. The first-order valence-electron chi connectivity index (χ1n) is 14.9. The minimum atomic E-state index is -1.61. The van der Waals surface area contributed by atoms with Crippen molar-refractivity contribution in [2.24, 2.45) is 5.73 Å². The molecule has 0 saturated carbocycles. The zero-order valence-electron chi connectivity index (χ0n) is 24.5. The monoisotopic (exact) mass is 645 g/mol. The number of benzene rings is 2. The lowest BCUT2D eigenvalue weighted by Gasteiger charge is -2.43. The normalized spacial score (nSPS) is 26.1. The number of piperazine rings is 1. The van der Waals surface area contributed by atoms with Gasteiger partial charge in [0.1, 0.15) is 23.6 Å². The molecule has 14 heteroatoms. The molecule has 0 aliphatic carbocycles. The van der Waals surface area contributed by atoms with E-state index < -0.39 is 41.1 Å². The molecule has 3 aliphatic heterocycles. The van der Waals surface area contributed by atoms with Gasteiger partial charge in [0.05, 0.1) is 24.7 Å². The van der Waals surface area contributed by atoms with Crippen LogP contribution in [0.3, 0.4) is 0 Å². The van der Waals surface area contributed by atoms with Crippen LogP contribution >= 0.6 is 11.6 Å². The van der Waals surface area contributed by atoms with Gasteiger partial charge in [-0.3, -0.25) is 9.69 Å². The molecular weight excluding hydrogens is 611 g/mol. The number of amides is 1. The summed E-state index contributed by atoms with van der Waals surface area (Å²) in [5.41, 5.74) is 6.00. The number of anilines is 2. The third-order valence-electron chi connectivity index (χ3n) is 8.78. The van der Waals surface area contributed by atoms with E-state index in [9.17, 15) is 23.1 Å². The average molecular weight is 646 g/mol. The van der Waals surface area contributed by atoms with Gasteiger partial charge in [0.15, 0.2) is 5.60 Å². The van der Waals surface area contributed by atoms with Gasteiger partial charge in [-0.15, -0.1) is 0 Å². The number of nitrogens with zero attached hydrogens (tertiary/aromatic N) is 5. The first kappa shape index (κ1) is 31.6. The summed E-state index contributed by atoms with van der Waals surface area (Å²) in [7, 11) is 0. The molecule has 0 bridgehead atoms. The Labute approximate surface area is 263 Å². The fraction of sp³-hybridized carbons (Fsp3) is 0.452. The fourth-order valence-electron chi connectivity index (χ4n) is 6.35. The molecule has 4 N–H and O–H groups in total. The van der Waals surface area contributed by atoms with E-state index in [0.29, 0.717) is 49.9 Å². The molecule has 240 valence electrons. The van der Waals surface area contributed by atoms with Crippen LogP contribution in [0, 0.1) is 17.5 Å². The molecule has 0 spiro atoms. The topological polar surface area (TPSA) is 120 Å². The fourth-order valence-corrected chi connectivity index (χ4v) is 6.59. The predicted octanol–water partition coefficient (Wildman–Crippen LogP) is 2.78. The van der Waals surface area contributed by atoms with Gasteiger partial charge in [0, 0.05) is 74.9 Å². The molecule has 45 heavy (non-hydrogen) atoms. The van der Waals surface area contributed by atoms with E-state index in [4.69, 9.17) is 22.1 Å². The zero-order valence-corrected chi connectivity index (χ0v) is 25.3. The first-order valence-corrected chi connectivity index (χ1v) is 15.3. The number of hydrogen-bond donors (Lipinski definition) is 3. The first-order chi connectivity index (χ1) is 21.6. The Morgan fingerprint density at radius 3 is 2.51 bits per heavy atom. The second kappa shape index (κ2) is 13.2. The van der Waals surface area contributed by atoms with Gasteiger partial charge in [0.25, 0.3) is 5.91 Å². The summed E-state index contributed by atoms with van der Waals surface area (Å²) in [5.74, 6) is -1.42. The Morgan fingerprint density at radius 2 is 1.80 bits per heavy atom. The molecule has 0 radical (unpaired) electrons. The number of aliphatic hydroxyl groups is 1. The van der Waals surface area contributed by atoms with Crippen molar-refractivity contribution in [2.45, 2.75) is 43.2 Å². The molecule has 3 saturated heterocycles. The number of ether oxygens (including phenoxy) is 1. The highest BCUT2D eigenvalue weighted by Crippen LogP contribution is 2.32. The standard InChI is InChI=1S/C31H35ClF3N7O3/c32-20-9-19(10-22(34)11-20)14-37-18-31(44)3-4-42(29(31)43)24-15-38-30(39-16-24)41-7-5-40(6-8-41)23-13-27(36)28(45-17-23)25-12-21(33)1-2-26(25)35/h1-2,9-12,15-16,23,27-28,37,44H,3-8,13-14,17-18,36H2/t23-,27+,28-,31?/m1/s1. The quantitative estimate of drug-likeness (QED) is 0.340. The third kappa shape index (κ3) is 6.93. The minimum absolute atomic E-state index is 0.00102. The molecule has 10 nitrogen and oxygen atoms in total. The molecule has 4 heterocycles. The van der Waals surface area contributed by atoms with E-state index >= 15 is 0 Å². The summed E-state index contributed by atoms with van der Waals surface area (Å²) in [6.07, 6.45) is 3.29. The molecular formula is C31H35ClF3N7O3. The highest BCUT2D eigenvalue weighted by atomic mass is 35.5. The van der Waals surface area contributed by atoms with Crippen LogP contribution in [-0.2, 0) is 16.1 Å². The Bertz CT molecular complexity index is 1510. The lowest BCUT2D eigenvalue weighted by atomic mass is 9.93. The van der Waals surface area contributed by atoms with Crippen molar-refractivity contribution in [2.75, 3.05) is 55.7 Å².